The second-order valence-corrected chi connectivity index (χ2v) is 9.99. The molecule has 1 saturated heterocycles. The highest BCUT2D eigenvalue weighted by Gasteiger charge is 2.35. The van der Waals surface area contributed by atoms with E-state index in [1.54, 1.807) is 16.7 Å². The molecule has 0 N–H and O–H groups in total. The standard InChI is InChI=1S/C26H41N3O5/c1-7-33-24(31)14-13-23(30)29(20(2)3)19-22-18-27(17-21-11-9-8-10-12-21)15-16-28(22)25(32)34-26(4,5)6/h8-12,20,22H,7,13-19H2,1-6H3/t22-/m0/s1. The molecule has 1 fully saturated rings. The normalized spacial score (nSPS) is 16.9. The summed E-state index contributed by atoms with van der Waals surface area (Å²) in [5.74, 6) is -0.492. The van der Waals surface area contributed by atoms with Gasteiger partial charge in [0.1, 0.15) is 5.60 Å². The molecule has 2 rings (SSSR count). The van der Waals surface area contributed by atoms with Crippen LogP contribution in [0.5, 0.6) is 0 Å². The molecule has 1 aromatic carbocycles. The molecule has 0 aromatic heterocycles. The first-order chi connectivity index (χ1) is 16.0. The predicted molar refractivity (Wildman–Crippen MR) is 131 cm³/mol. The van der Waals surface area contributed by atoms with E-state index in [4.69, 9.17) is 9.47 Å². The van der Waals surface area contributed by atoms with Crippen LogP contribution in [-0.4, -0.2) is 83.1 Å². The Balaban J connectivity index is 2.15. The second kappa shape index (κ2) is 12.7. The summed E-state index contributed by atoms with van der Waals surface area (Å²) in [6, 6.07) is 9.93. The van der Waals surface area contributed by atoms with Crippen molar-refractivity contribution >= 4 is 18.0 Å². The Kier molecular flexibility index (Phi) is 10.4. The minimum Gasteiger partial charge on any atom is -0.466 e. The van der Waals surface area contributed by atoms with Gasteiger partial charge in [-0.05, 0) is 47.1 Å². The number of hydrogen-bond donors (Lipinski definition) is 0. The van der Waals surface area contributed by atoms with Gasteiger partial charge in [-0.25, -0.2) is 4.79 Å². The fraction of sp³-hybridized carbons (Fsp3) is 0.654. The molecule has 0 saturated carbocycles. The Morgan fingerprint density at radius 1 is 1.09 bits per heavy atom. The van der Waals surface area contributed by atoms with E-state index in [2.05, 4.69) is 17.0 Å². The van der Waals surface area contributed by atoms with Crippen LogP contribution in [0.4, 0.5) is 4.79 Å². The monoisotopic (exact) mass is 475 g/mol. The molecule has 0 radical (unpaired) electrons. The third-order valence-electron chi connectivity index (χ3n) is 5.64. The van der Waals surface area contributed by atoms with E-state index in [1.807, 2.05) is 52.8 Å². The number of piperazine rings is 1. The van der Waals surface area contributed by atoms with E-state index < -0.39 is 5.60 Å². The van der Waals surface area contributed by atoms with Crippen molar-refractivity contribution < 1.29 is 23.9 Å². The lowest BCUT2D eigenvalue weighted by Gasteiger charge is -2.44. The Bertz CT molecular complexity index is 806. The van der Waals surface area contributed by atoms with Crippen LogP contribution in [0.15, 0.2) is 30.3 Å². The van der Waals surface area contributed by atoms with Crippen LogP contribution in [0.3, 0.4) is 0 Å². The molecule has 0 unspecified atom stereocenters. The highest BCUT2D eigenvalue weighted by atomic mass is 16.6. The highest BCUT2D eigenvalue weighted by Crippen LogP contribution is 2.20. The van der Waals surface area contributed by atoms with Crippen molar-refractivity contribution in [2.45, 2.75) is 78.6 Å². The zero-order valence-corrected chi connectivity index (χ0v) is 21.6. The topological polar surface area (TPSA) is 79.4 Å². The maximum atomic E-state index is 13.0. The summed E-state index contributed by atoms with van der Waals surface area (Å²) in [5.41, 5.74) is 0.605. The van der Waals surface area contributed by atoms with Gasteiger partial charge in [0.2, 0.25) is 5.91 Å². The molecule has 1 heterocycles. The highest BCUT2D eigenvalue weighted by molar-refractivity contribution is 5.81. The molecule has 0 spiro atoms. The smallest absolute Gasteiger partial charge is 0.410 e. The lowest BCUT2D eigenvalue weighted by molar-refractivity contribution is -0.146. The van der Waals surface area contributed by atoms with Crippen LogP contribution >= 0.6 is 0 Å². The Labute approximate surface area is 204 Å². The van der Waals surface area contributed by atoms with Crippen LogP contribution in [0, 0.1) is 0 Å². The quantitative estimate of drug-likeness (QED) is 0.507. The molecule has 2 amide bonds. The molecule has 0 aliphatic carbocycles. The average molecular weight is 476 g/mol. The number of rotatable bonds is 9. The molecule has 8 nitrogen and oxygen atoms in total. The number of benzene rings is 1. The summed E-state index contributed by atoms with van der Waals surface area (Å²) >= 11 is 0. The number of amides is 2. The second-order valence-electron chi connectivity index (χ2n) is 9.99. The maximum Gasteiger partial charge on any atom is 0.410 e. The van der Waals surface area contributed by atoms with Crippen molar-refractivity contribution in [3.63, 3.8) is 0 Å². The Morgan fingerprint density at radius 3 is 2.35 bits per heavy atom. The Hall–Kier alpha value is -2.61. The zero-order valence-electron chi connectivity index (χ0n) is 21.6. The zero-order chi connectivity index (χ0) is 25.3. The summed E-state index contributed by atoms with van der Waals surface area (Å²) in [5, 5.41) is 0. The van der Waals surface area contributed by atoms with Gasteiger partial charge in [-0.2, -0.15) is 0 Å². The van der Waals surface area contributed by atoms with E-state index in [0.717, 1.165) is 13.1 Å². The third-order valence-corrected chi connectivity index (χ3v) is 5.64. The summed E-state index contributed by atoms with van der Waals surface area (Å²) in [6.07, 6.45) is -0.222. The van der Waals surface area contributed by atoms with Gasteiger partial charge in [0.05, 0.1) is 19.1 Å². The fourth-order valence-electron chi connectivity index (χ4n) is 4.04. The van der Waals surface area contributed by atoms with E-state index >= 15 is 0 Å². The molecule has 1 aliphatic rings. The van der Waals surface area contributed by atoms with Crippen LogP contribution in [0.25, 0.3) is 0 Å². The number of nitrogens with zero attached hydrogens (tertiary/aromatic N) is 3. The van der Waals surface area contributed by atoms with Crippen molar-refractivity contribution in [3.8, 4) is 0 Å². The summed E-state index contributed by atoms with van der Waals surface area (Å²) in [6.45, 7) is 14.5. The number of hydrogen-bond acceptors (Lipinski definition) is 6. The van der Waals surface area contributed by atoms with Crippen molar-refractivity contribution in [3.05, 3.63) is 35.9 Å². The van der Waals surface area contributed by atoms with Crippen LogP contribution < -0.4 is 0 Å². The summed E-state index contributed by atoms with van der Waals surface area (Å²) in [4.78, 5) is 43.6. The van der Waals surface area contributed by atoms with Crippen LogP contribution in [0.2, 0.25) is 0 Å². The van der Waals surface area contributed by atoms with Crippen molar-refractivity contribution in [2.24, 2.45) is 0 Å². The van der Waals surface area contributed by atoms with Crippen molar-refractivity contribution in [1.82, 2.24) is 14.7 Å². The first-order valence-corrected chi connectivity index (χ1v) is 12.2. The summed E-state index contributed by atoms with van der Waals surface area (Å²) < 4.78 is 10.6. The van der Waals surface area contributed by atoms with Gasteiger partial charge in [-0.15, -0.1) is 0 Å². The average Bonchev–Trinajstić information content (AvgIpc) is 2.75. The van der Waals surface area contributed by atoms with Gasteiger partial charge in [0, 0.05) is 45.2 Å². The molecule has 1 atom stereocenters. The van der Waals surface area contributed by atoms with Gasteiger partial charge in [0.15, 0.2) is 0 Å². The van der Waals surface area contributed by atoms with Gasteiger partial charge in [-0.3, -0.25) is 14.5 Å². The lowest BCUT2D eigenvalue weighted by atomic mass is 10.1. The largest absolute Gasteiger partial charge is 0.466 e. The van der Waals surface area contributed by atoms with E-state index in [1.165, 1.54) is 5.56 Å². The molecule has 1 aliphatic heterocycles. The molecular formula is C26H41N3O5. The molecule has 0 bridgehead atoms. The first-order valence-electron chi connectivity index (χ1n) is 12.2. The van der Waals surface area contributed by atoms with E-state index in [9.17, 15) is 14.4 Å². The molecule has 8 heteroatoms. The van der Waals surface area contributed by atoms with E-state index in [0.29, 0.717) is 26.2 Å². The SMILES string of the molecule is CCOC(=O)CCC(=O)N(C[C@@H]1CN(Cc2ccccc2)CCN1C(=O)OC(C)(C)C)C(C)C. The van der Waals surface area contributed by atoms with Crippen molar-refractivity contribution in [1.29, 1.82) is 0 Å². The summed E-state index contributed by atoms with van der Waals surface area (Å²) in [7, 11) is 0. The van der Waals surface area contributed by atoms with Gasteiger partial charge in [0.25, 0.3) is 0 Å². The maximum absolute atomic E-state index is 13.0. The lowest BCUT2D eigenvalue weighted by Crippen LogP contribution is -2.60. The fourth-order valence-corrected chi connectivity index (χ4v) is 4.04. The number of carbonyl (C=O) groups is 3. The molecule has 1 aromatic rings. The predicted octanol–water partition coefficient (Wildman–Crippen LogP) is 3.69. The first kappa shape index (κ1) is 27.6. The van der Waals surface area contributed by atoms with Crippen LogP contribution in [0.1, 0.15) is 59.9 Å². The van der Waals surface area contributed by atoms with Gasteiger partial charge in [-0.1, -0.05) is 30.3 Å². The van der Waals surface area contributed by atoms with Crippen molar-refractivity contribution in [2.75, 3.05) is 32.8 Å². The Morgan fingerprint density at radius 2 is 1.76 bits per heavy atom. The minimum atomic E-state index is -0.601. The molecular weight excluding hydrogens is 434 g/mol. The van der Waals surface area contributed by atoms with Gasteiger partial charge >= 0.3 is 12.1 Å². The minimum absolute atomic E-state index is 0.0521. The molecule has 34 heavy (non-hydrogen) atoms. The van der Waals surface area contributed by atoms with Gasteiger partial charge < -0.3 is 19.3 Å². The third kappa shape index (κ3) is 8.97. The number of carbonyl (C=O) groups excluding carboxylic acids is 3. The van der Waals surface area contributed by atoms with Crippen LogP contribution in [-0.2, 0) is 25.6 Å². The molecule has 190 valence electrons. The van der Waals surface area contributed by atoms with E-state index in [-0.39, 0.29) is 42.9 Å². The number of ether oxygens (including phenoxy) is 2. The number of esters is 1.